The summed E-state index contributed by atoms with van der Waals surface area (Å²) in [7, 11) is 0. The Hall–Kier alpha value is -1.33. The fourth-order valence-electron chi connectivity index (χ4n) is 2.18. The van der Waals surface area contributed by atoms with Crippen molar-refractivity contribution in [3.8, 4) is 0 Å². The predicted molar refractivity (Wildman–Crippen MR) is 69.0 cm³/mol. The first-order chi connectivity index (χ1) is 8.29. The SMILES string of the molecule is Nc1cccc(N2CCCN(CCO)CC2)n1. The highest BCUT2D eigenvalue weighted by Crippen LogP contribution is 2.14. The van der Waals surface area contributed by atoms with Gasteiger partial charge in [-0.2, -0.15) is 0 Å². The maximum Gasteiger partial charge on any atom is 0.130 e. The van der Waals surface area contributed by atoms with Crippen molar-refractivity contribution in [2.24, 2.45) is 0 Å². The Balaban J connectivity index is 1.99. The Labute approximate surface area is 102 Å². The fraction of sp³-hybridized carbons (Fsp3) is 0.583. The maximum atomic E-state index is 8.95. The lowest BCUT2D eigenvalue weighted by atomic mass is 10.3. The molecule has 1 aliphatic heterocycles. The van der Waals surface area contributed by atoms with Gasteiger partial charge in [-0.15, -0.1) is 0 Å². The van der Waals surface area contributed by atoms with E-state index in [1.165, 1.54) is 0 Å². The number of hydrogen-bond donors (Lipinski definition) is 2. The second-order valence-electron chi connectivity index (χ2n) is 4.33. The minimum Gasteiger partial charge on any atom is -0.395 e. The zero-order valence-electron chi connectivity index (χ0n) is 10.0. The summed E-state index contributed by atoms with van der Waals surface area (Å²) < 4.78 is 0. The van der Waals surface area contributed by atoms with Crippen molar-refractivity contribution in [1.29, 1.82) is 0 Å². The highest BCUT2D eigenvalue weighted by Gasteiger charge is 2.15. The molecule has 17 heavy (non-hydrogen) atoms. The molecule has 0 aliphatic carbocycles. The van der Waals surface area contributed by atoms with E-state index in [4.69, 9.17) is 10.8 Å². The molecule has 0 bridgehead atoms. The molecule has 94 valence electrons. The van der Waals surface area contributed by atoms with Gasteiger partial charge in [-0.25, -0.2) is 4.98 Å². The summed E-state index contributed by atoms with van der Waals surface area (Å²) in [6.45, 7) is 4.94. The van der Waals surface area contributed by atoms with E-state index >= 15 is 0 Å². The van der Waals surface area contributed by atoms with E-state index in [9.17, 15) is 0 Å². The minimum absolute atomic E-state index is 0.233. The highest BCUT2D eigenvalue weighted by atomic mass is 16.3. The van der Waals surface area contributed by atoms with Crippen LogP contribution in [0, 0.1) is 0 Å². The van der Waals surface area contributed by atoms with Crippen molar-refractivity contribution in [3.63, 3.8) is 0 Å². The van der Waals surface area contributed by atoms with Crippen molar-refractivity contribution in [2.45, 2.75) is 6.42 Å². The van der Waals surface area contributed by atoms with Crippen LogP contribution in [0.5, 0.6) is 0 Å². The van der Waals surface area contributed by atoms with E-state index in [1.807, 2.05) is 12.1 Å². The van der Waals surface area contributed by atoms with Crippen LogP contribution in [0.15, 0.2) is 18.2 Å². The molecule has 1 aromatic heterocycles. The summed E-state index contributed by atoms with van der Waals surface area (Å²) >= 11 is 0. The molecular weight excluding hydrogens is 216 g/mol. The number of pyridine rings is 1. The van der Waals surface area contributed by atoms with Gasteiger partial charge in [-0.1, -0.05) is 6.07 Å². The summed E-state index contributed by atoms with van der Waals surface area (Å²) in [6, 6.07) is 5.74. The van der Waals surface area contributed by atoms with Gasteiger partial charge in [-0.05, 0) is 25.1 Å². The molecule has 0 aromatic carbocycles. The third kappa shape index (κ3) is 3.31. The molecule has 0 atom stereocenters. The smallest absolute Gasteiger partial charge is 0.130 e. The summed E-state index contributed by atoms with van der Waals surface area (Å²) in [6.07, 6.45) is 1.09. The van der Waals surface area contributed by atoms with Gasteiger partial charge >= 0.3 is 0 Å². The topological polar surface area (TPSA) is 65.6 Å². The Bertz CT molecular complexity index is 358. The quantitative estimate of drug-likeness (QED) is 0.783. The van der Waals surface area contributed by atoms with Gasteiger partial charge in [-0.3, -0.25) is 4.90 Å². The zero-order chi connectivity index (χ0) is 12.1. The molecule has 1 aromatic rings. The average molecular weight is 236 g/mol. The van der Waals surface area contributed by atoms with E-state index < -0.39 is 0 Å². The Morgan fingerprint density at radius 1 is 1.24 bits per heavy atom. The Morgan fingerprint density at radius 2 is 2.12 bits per heavy atom. The molecule has 0 unspecified atom stereocenters. The van der Waals surface area contributed by atoms with Crippen LogP contribution in [-0.2, 0) is 0 Å². The molecule has 1 fully saturated rings. The van der Waals surface area contributed by atoms with Gasteiger partial charge in [0.15, 0.2) is 0 Å². The van der Waals surface area contributed by atoms with Crippen molar-refractivity contribution < 1.29 is 5.11 Å². The van der Waals surface area contributed by atoms with Crippen molar-refractivity contribution in [1.82, 2.24) is 9.88 Å². The first kappa shape index (κ1) is 12.1. The van der Waals surface area contributed by atoms with Crippen LogP contribution in [0.25, 0.3) is 0 Å². The average Bonchev–Trinajstić information content (AvgIpc) is 2.55. The van der Waals surface area contributed by atoms with Crippen LogP contribution in [0.4, 0.5) is 11.6 Å². The highest BCUT2D eigenvalue weighted by molar-refractivity contribution is 5.44. The number of aliphatic hydroxyl groups excluding tert-OH is 1. The summed E-state index contributed by atoms with van der Waals surface area (Å²) in [5.41, 5.74) is 5.70. The summed E-state index contributed by atoms with van der Waals surface area (Å²) in [5, 5.41) is 8.95. The molecular formula is C12H20N4O. The standard InChI is InChI=1S/C12H20N4O/c13-11-3-1-4-12(14-11)16-6-2-5-15(7-8-16)9-10-17/h1,3-4,17H,2,5-10H2,(H2,13,14). The second-order valence-corrected chi connectivity index (χ2v) is 4.33. The minimum atomic E-state index is 0.233. The fourth-order valence-corrected chi connectivity index (χ4v) is 2.18. The number of nitrogen functional groups attached to an aromatic ring is 1. The zero-order valence-corrected chi connectivity index (χ0v) is 10.0. The molecule has 0 radical (unpaired) electrons. The van der Waals surface area contributed by atoms with Crippen LogP contribution < -0.4 is 10.6 Å². The largest absolute Gasteiger partial charge is 0.395 e. The normalized spacial score (nSPS) is 18.1. The lowest BCUT2D eigenvalue weighted by Crippen LogP contribution is -2.32. The number of aromatic nitrogens is 1. The molecule has 2 heterocycles. The summed E-state index contributed by atoms with van der Waals surface area (Å²) in [4.78, 5) is 8.89. The first-order valence-electron chi connectivity index (χ1n) is 6.10. The van der Waals surface area contributed by atoms with Crippen molar-refractivity contribution in [2.75, 3.05) is 50.0 Å². The number of rotatable bonds is 3. The van der Waals surface area contributed by atoms with Crippen LogP contribution in [0.2, 0.25) is 0 Å². The van der Waals surface area contributed by atoms with Crippen LogP contribution in [-0.4, -0.2) is 54.3 Å². The molecule has 0 saturated carbocycles. The number of nitrogens with two attached hydrogens (primary N) is 1. The lowest BCUT2D eigenvalue weighted by Gasteiger charge is -2.22. The third-order valence-electron chi connectivity index (χ3n) is 3.08. The maximum absolute atomic E-state index is 8.95. The van der Waals surface area contributed by atoms with E-state index in [0.717, 1.165) is 45.0 Å². The number of aliphatic hydroxyl groups is 1. The molecule has 1 saturated heterocycles. The molecule has 5 nitrogen and oxygen atoms in total. The number of anilines is 2. The van der Waals surface area contributed by atoms with Crippen LogP contribution in [0.1, 0.15) is 6.42 Å². The third-order valence-corrected chi connectivity index (χ3v) is 3.08. The van der Waals surface area contributed by atoms with Gasteiger partial charge in [0.1, 0.15) is 11.6 Å². The number of nitrogens with zero attached hydrogens (tertiary/aromatic N) is 3. The van der Waals surface area contributed by atoms with E-state index in [1.54, 1.807) is 6.07 Å². The molecule has 0 amide bonds. The van der Waals surface area contributed by atoms with Gasteiger partial charge in [0.2, 0.25) is 0 Å². The van der Waals surface area contributed by atoms with E-state index in [-0.39, 0.29) is 6.61 Å². The van der Waals surface area contributed by atoms with Gasteiger partial charge < -0.3 is 15.7 Å². The monoisotopic (exact) mass is 236 g/mol. The molecule has 0 spiro atoms. The lowest BCUT2D eigenvalue weighted by molar-refractivity contribution is 0.204. The predicted octanol–water partition coefficient (Wildman–Crippen LogP) is 0.168. The van der Waals surface area contributed by atoms with Crippen LogP contribution in [0.3, 0.4) is 0 Å². The molecule has 1 aliphatic rings. The number of hydrogen-bond acceptors (Lipinski definition) is 5. The van der Waals surface area contributed by atoms with Gasteiger partial charge in [0.25, 0.3) is 0 Å². The van der Waals surface area contributed by atoms with Crippen molar-refractivity contribution in [3.05, 3.63) is 18.2 Å². The first-order valence-corrected chi connectivity index (χ1v) is 6.10. The van der Waals surface area contributed by atoms with Gasteiger partial charge in [0.05, 0.1) is 6.61 Å². The van der Waals surface area contributed by atoms with Gasteiger partial charge in [0, 0.05) is 26.2 Å². The molecule has 2 rings (SSSR count). The van der Waals surface area contributed by atoms with E-state index in [2.05, 4.69) is 14.8 Å². The molecule has 5 heteroatoms. The van der Waals surface area contributed by atoms with E-state index in [0.29, 0.717) is 5.82 Å². The molecule has 3 N–H and O–H groups in total. The Kier molecular flexibility index (Phi) is 4.17. The number of β-amino-alcohol motifs (C(OH)–C–C–N with tert-alkyl or cyclic N) is 1. The van der Waals surface area contributed by atoms with Crippen molar-refractivity contribution >= 4 is 11.6 Å². The second kappa shape index (κ2) is 5.84. The summed E-state index contributed by atoms with van der Waals surface area (Å²) in [5.74, 6) is 1.52. The Morgan fingerprint density at radius 3 is 2.88 bits per heavy atom. The van der Waals surface area contributed by atoms with Crippen LogP contribution >= 0.6 is 0 Å².